The Hall–Kier alpha value is -1.59. The fraction of sp³-hybridized carbons (Fsp3) is 0.727. The molecule has 0 aromatic carbocycles. The number of hydrogen-bond acceptors (Lipinski definition) is 6. The lowest BCUT2D eigenvalue weighted by Crippen LogP contribution is -2.27. The molecule has 0 radical (unpaired) electrons. The molecule has 17 heavy (non-hydrogen) atoms. The zero-order chi connectivity index (χ0) is 12.3. The van der Waals surface area contributed by atoms with Crippen LogP contribution in [0.1, 0.15) is 32.6 Å². The molecule has 1 aliphatic rings. The maximum Gasteiger partial charge on any atom is 0.322 e. The van der Waals surface area contributed by atoms with Crippen LogP contribution in [0.5, 0.6) is 6.01 Å². The molecule has 0 amide bonds. The van der Waals surface area contributed by atoms with E-state index in [1.807, 2.05) is 0 Å². The molecule has 0 spiro atoms. The van der Waals surface area contributed by atoms with Crippen LogP contribution in [0.2, 0.25) is 0 Å². The van der Waals surface area contributed by atoms with Crippen LogP contribution in [0.4, 0.5) is 11.9 Å². The van der Waals surface area contributed by atoms with Crippen molar-refractivity contribution in [1.82, 2.24) is 15.0 Å². The highest BCUT2D eigenvalue weighted by atomic mass is 16.5. The Balaban J connectivity index is 2.04. The lowest BCUT2D eigenvalue weighted by Gasteiger charge is -2.27. The van der Waals surface area contributed by atoms with E-state index < -0.39 is 0 Å². The second-order valence-corrected chi connectivity index (χ2v) is 4.62. The second-order valence-electron chi connectivity index (χ2n) is 4.62. The van der Waals surface area contributed by atoms with Gasteiger partial charge in [-0.2, -0.15) is 15.0 Å². The van der Waals surface area contributed by atoms with Gasteiger partial charge in [0.2, 0.25) is 11.9 Å². The van der Waals surface area contributed by atoms with E-state index in [0.29, 0.717) is 12.0 Å². The number of anilines is 2. The molecule has 0 aliphatic heterocycles. The fourth-order valence-electron chi connectivity index (χ4n) is 2.28. The summed E-state index contributed by atoms with van der Waals surface area (Å²) in [5, 5.41) is 3.30. The Labute approximate surface area is 101 Å². The molecule has 3 N–H and O–H groups in total. The van der Waals surface area contributed by atoms with Crippen molar-refractivity contribution in [2.24, 2.45) is 5.92 Å². The molecule has 1 aromatic heterocycles. The number of nitrogen functional groups attached to an aromatic ring is 1. The minimum Gasteiger partial charge on any atom is -0.467 e. The largest absolute Gasteiger partial charge is 0.467 e. The summed E-state index contributed by atoms with van der Waals surface area (Å²) in [6.45, 7) is 2.27. The molecule has 6 heteroatoms. The van der Waals surface area contributed by atoms with Gasteiger partial charge in [-0.1, -0.05) is 19.8 Å². The average Bonchev–Trinajstić information content (AvgIpc) is 2.28. The summed E-state index contributed by atoms with van der Waals surface area (Å²) in [5.74, 6) is 1.44. The Kier molecular flexibility index (Phi) is 3.61. The standard InChI is InChI=1S/C11H19N5O/c1-7-4-3-5-8(6-7)13-10-14-9(12)15-11(16-10)17-2/h7-8H,3-6H2,1-2H3,(H3,12,13,14,15,16). The quantitative estimate of drug-likeness (QED) is 0.827. The number of nitrogens with zero attached hydrogens (tertiary/aromatic N) is 3. The first-order valence-electron chi connectivity index (χ1n) is 5.99. The summed E-state index contributed by atoms with van der Waals surface area (Å²) in [4.78, 5) is 12.1. The van der Waals surface area contributed by atoms with Crippen molar-refractivity contribution in [3.63, 3.8) is 0 Å². The smallest absolute Gasteiger partial charge is 0.322 e. The van der Waals surface area contributed by atoms with E-state index in [4.69, 9.17) is 10.5 Å². The summed E-state index contributed by atoms with van der Waals surface area (Å²) in [6.07, 6.45) is 4.85. The van der Waals surface area contributed by atoms with Crippen LogP contribution in [0, 0.1) is 5.92 Å². The van der Waals surface area contributed by atoms with E-state index >= 15 is 0 Å². The molecule has 1 fully saturated rings. The van der Waals surface area contributed by atoms with E-state index in [0.717, 1.165) is 18.8 Å². The highest BCUT2D eigenvalue weighted by Gasteiger charge is 2.19. The lowest BCUT2D eigenvalue weighted by molar-refractivity contribution is 0.355. The minimum absolute atomic E-state index is 0.184. The summed E-state index contributed by atoms with van der Waals surface area (Å²) >= 11 is 0. The van der Waals surface area contributed by atoms with Gasteiger partial charge in [-0.3, -0.25) is 0 Å². The Morgan fingerprint density at radius 1 is 1.29 bits per heavy atom. The normalized spacial score (nSPS) is 24.4. The predicted octanol–water partition coefficient (Wildman–Crippen LogP) is 1.45. The number of methoxy groups -OCH3 is 1. The lowest BCUT2D eigenvalue weighted by atomic mass is 9.87. The van der Waals surface area contributed by atoms with Gasteiger partial charge in [0.05, 0.1) is 7.11 Å². The fourth-order valence-corrected chi connectivity index (χ4v) is 2.28. The SMILES string of the molecule is COc1nc(N)nc(NC2CCCC(C)C2)n1. The summed E-state index contributed by atoms with van der Waals surface area (Å²) in [7, 11) is 1.52. The van der Waals surface area contributed by atoms with Gasteiger partial charge in [0.25, 0.3) is 0 Å². The predicted molar refractivity (Wildman–Crippen MR) is 65.8 cm³/mol. The zero-order valence-corrected chi connectivity index (χ0v) is 10.3. The molecular weight excluding hydrogens is 218 g/mol. The molecule has 2 atom stereocenters. The van der Waals surface area contributed by atoms with Crippen molar-refractivity contribution in [2.45, 2.75) is 38.6 Å². The number of nitrogens with two attached hydrogens (primary N) is 1. The molecular formula is C11H19N5O. The summed E-state index contributed by atoms with van der Waals surface area (Å²) in [5.41, 5.74) is 5.59. The molecule has 1 heterocycles. The third-order valence-corrected chi connectivity index (χ3v) is 3.08. The highest BCUT2D eigenvalue weighted by molar-refractivity contribution is 5.33. The van der Waals surface area contributed by atoms with Crippen molar-refractivity contribution in [3.05, 3.63) is 0 Å². The number of aromatic nitrogens is 3. The summed E-state index contributed by atoms with van der Waals surface area (Å²) in [6, 6.07) is 0.675. The maximum absolute atomic E-state index is 5.59. The first kappa shape index (κ1) is 11.9. The molecule has 6 nitrogen and oxygen atoms in total. The molecule has 1 saturated carbocycles. The number of rotatable bonds is 3. The highest BCUT2D eigenvalue weighted by Crippen LogP contribution is 2.25. The van der Waals surface area contributed by atoms with Gasteiger partial charge in [0.15, 0.2) is 0 Å². The van der Waals surface area contributed by atoms with Crippen LogP contribution in [0.25, 0.3) is 0 Å². The van der Waals surface area contributed by atoms with Gasteiger partial charge < -0.3 is 15.8 Å². The van der Waals surface area contributed by atoms with Crippen molar-refractivity contribution in [1.29, 1.82) is 0 Å². The summed E-state index contributed by atoms with van der Waals surface area (Å²) < 4.78 is 4.96. The van der Waals surface area contributed by atoms with Crippen LogP contribution in [-0.2, 0) is 0 Å². The first-order chi connectivity index (χ1) is 8.17. The molecule has 0 bridgehead atoms. The Morgan fingerprint density at radius 3 is 2.82 bits per heavy atom. The second kappa shape index (κ2) is 5.16. The molecule has 2 unspecified atom stereocenters. The molecule has 0 saturated heterocycles. The van der Waals surface area contributed by atoms with E-state index in [-0.39, 0.29) is 12.0 Å². The van der Waals surface area contributed by atoms with E-state index in [1.165, 1.54) is 20.0 Å². The van der Waals surface area contributed by atoms with Gasteiger partial charge in [0, 0.05) is 6.04 Å². The van der Waals surface area contributed by atoms with Crippen molar-refractivity contribution >= 4 is 11.9 Å². The molecule has 1 aromatic rings. The number of nitrogens with one attached hydrogen (secondary N) is 1. The van der Waals surface area contributed by atoms with Crippen LogP contribution in [0.3, 0.4) is 0 Å². The van der Waals surface area contributed by atoms with Gasteiger partial charge in [-0.05, 0) is 18.8 Å². The van der Waals surface area contributed by atoms with E-state index in [2.05, 4.69) is 27.2 Å². The third-order valence-electron chi connectivity index (χ3n) is 3.08. The van der Waals surface area contributed by atoms with Crippen molar-refractivity contribution < 1.29 is 4.74 Å². The zero-order valence-electron chi connectivity index (χ0n) is 10.3. The van der Waals surface area contributed by atoms with Crippen molar-refractivity contribution in [3.8, 4) is 6.01 Å². The van der Waals surface area contributed by atoms with Gasteiger partial charge >= 0.3 is 6.01 Å². The monoisotopic (exact) mass is 237 g/mol. The number of ether oxygens (including phenoxy) is 1. The number of hydrogen-bond donors (Lipinski definition) is 2. The average molecular weight is 237 g/mol. The Bertz CT molecular complexity index is 384. The van der Waals surface area contributed by atoms with Crippen LogP contribution >= 0.6 is 0 Å². The third kappa shape index (κ3) is 3.18. The van der Waals surface area contributed by atoms with Crippen LogP contribution in [0.15, 0.2) is 0 Å². The van der Waals surface area contributed by atoms with Crippen LogP contribution in [-0.4, -0.2) is 28.1 Å². The Morgan fingerprint density at radius 2 is 2.12 bits per heavy atom. The minimum atomic E-state index is 0.184. The van der Waals surface area contributed by atoms with Gasteiger partial charge in [-0.25, -0.2) is 0 Å². The molecule has 1 aliphatic carbocycles. The molecule has 2 rings (SSSR count). The topological polar surface area (TPSA) is 86.0 Å². The van der Waals surface area contributed by atoms with Crippen molar-refractivity contribution in [2.75, 3.05) is 18.2 Å². The first-order valence-corrected chi connectivity index (χ1v) is 5.99. The van der Waals surface area contributed by atoms with Gasteiger partial charge in [-0.15, -0.1) is 0 Å². The molecule has 94 valence electrons. The van der Waals surface area contributed by atoms with E-state index in [9.17, 15) is 0 Å². The maximum atomic E-state index is 5.59. The van der Waals surface area contributed by atoms with Crippen LogP contribution < -0.4 is 15.8 Å². The van der Waals surface area contributed by atoms with E-state index in [1.54, 1.807) is 0 Å². The van der Waals surface area contributed by atoms with Gasteiger partial charge in [0.1, 0.15) is 0 Å².